The number of hydrazine groups is 2. The summed E-state index contributed by atoms with van der Waals surface area (Å²) in [5.41, 5.74) is -0.667. The molecule has 1 N–H and O–H groups in total. The van der Waals surface area contributed by atoms with Crippen molar-refractivity contribution in [3.63, 3.8) is 0 Å². The van der Waals surface area contributed by atoms with E-state index >= 15 is 4.79 Å². The molecule has 0 saturated carbocycles. The van der Waals surface area contributed by atoms with E-state index in [2.05, 4.69) is 5.43 Å². The number of ether oxygens (including phenoxy) is 4. The van der Waals surface area contributed by atoms with Crippen molar-refractivity contribution < 1.29 is 42.9 Å². The third-order valence-electron chi connectivity index (χ3n) is 7.14. The first-order chi connectivity index (χ1) is 24.6. The van der Waals surface area contributed by atoms with Gasteiger partial charge in [0.2, 0.25) is 5.17 Å². The molecule has 2 aliphatic rings. The van der Waals surface area contributed by atoms with E-state index in [4.69, 9.17) is 23.9 Å². The number of hydrogen-bond donors (Lipinski definition) is 1. The molecule has 1 unspecified atom stereocenters. The maximum Gasteiger partial charge on any atom is 0.440 e. The summed E-state index contributed by atoms with van der Waals surface area (Å²) in [4.78, 5) is 77.1. The lowest BCUT2D eigenvalue weighted by Gasteiger charge is -2.37. The quantitative estimate of drug-likeness (QED) is 0.180. The number of amides is 5. The summed E-state index contributed by atoms with van der Waals surface area (Å²) < 4.78 is 23.3. The van der Waals surface area contributed by atoms with Gasteiger partial charge in [0.25, 0.3) is 11.6 Å². The first-order valence-corrected chi connectivity index (χ1v) is 18.2. The average molecular weight is 769 g/mol. The molecule has 5 amide bonds. The second-order valence-electron chi connectivity index (χ2n) is 17.0. The summed E-state index contributed by atoms with van der Waals surface area (Å²) in [6.07, 6.45) is -4.36. The van der Waals surface area contributed by atoms with Crippen LogP contribution in [0.5, 0.6) is 0 Å². The van der Waals surface area contributed by atoms with Gasteiger partial charge in [-0.25, -0.2) is 29.6 Å². The number of para-hydroxylation sites is 1. The lowest BCUT2D eigenvalue weighted by atomic mass is 10.0. The molecule has 0 aliphatic carbocycles. The Kier molecular flexibility index (Phi) is 11.4. The zero-order chi connectivity index (χ0) is 40.8. The van der Waals surface area contributed by atoms with Crippen LogP contribution in [-0.4, -0.2) is 72.3 Å². The molecule has 16 heteroatoms. The molecule has 0 saturated heterocycles. The highest BCUT2D eigenvalue weighted by Gasteiger charge is 2.66. The van der Waals surface area contributed by atoms with Crippen LogP contribution >= 0.6 is 11.9 Å². The smallest absolute Gasteiger partial charge is 0.440 e. The highest BCUT2D eigenvalue weighted by atomic mass is 32.2. The molecule has 15 nitrogen and oxygen atoms in total. The Hall–Kier alpha value is -4.99. The van der Waals surface area contributed by atoms with E-state index in [0.29, 0.717) is 22.0 Å². The largest absolute Gasteiger partial charge is 0.443 e. The molecule has 2 aromatic carbocycles. The third kappa shape index (κ3) is 9.75. The van der Waals surface area contributed by atoms with Gasteiger partial charge in [-0.2, -0.15) is 10.0 Å². The van der Waals surface area contributed by atoms with E-state index in [1.165, 1.54) is 4.90 Å². The van der Waals surface area contributed by atoms with Gasteiger partial charge in [0.15, 0.2) is 0 Å². The molecular formula is C38H52N6O9S. The number of benzene rings is 2. The average Bonchev–Trinajstić information content (AvgIpc) is 3.41. The molecule has 1 spiro atoms. The van der Waals surface area contributed by atoms with E-state index < -0.39 is 63.5 Å². The summed E-state index contributed by atoms with van der Waals surface area (Å²) in [5.74, 6) is -0.693. The van der Waals surface area contributed by atoms with Gasteiger partial charge in [0.1, 0.15) is 22.4 Å². The van der Waals surface area contributed by atoms with Crippen molar-refractivity contribution in [2.75, 3.05) is 4.90 Å². The molecule has 2 aliphatic heterocycles. The topological polar surface area (TPSA) is 160 Å². The summed E-state index contributed by atoms with van der Waals surface area (Å²) in [6.45, 7) is 23.5. The number of hydrogen-bond acceptors (Lipinski definition) is 11. The van der Waals surface area contributed by atoms with Crippen molar-refractivity contribution in [2.45, 2.75) is 132 Å². The fourth-order valence-electron chi connectivity index (χ4n) is 5.61. The summed E-state index contributed by atoms with van der Waals surface area (Å²) in [5, 5.41) is 1.14. The van der Waals surface area contributed by atoms with Crippen LogP contribution in [0.1, 0.15) is 105 Å². The van der Waals surface area contributed by atoms with E-state index in [1.54, 1.807) is 107 Å². The number of aliphatic imine (C=N–C) groups is 1. The van der Waals surface area contributed by atoms with Gasteiger partial charge < -0.3 is 23.8 Å². The van der Waals surface area contributed by atoms with E-state index in [1.807, 2.05) is 32.0 Å². The number of carbonyl (C=O) groups excluding carboxylic acids is 5. The van der Waals surface area contributed by atoms with Gasteiger partial charge in [0.05, 0.1) is 24.2 Å². The van der Waals surface area contributed by atoms with Crippen LogP contribution in [0.25, 0.3) is 0 Å². The standard InChI is InChI=1S/C38H52N6O9S/c1-23-19-24(2)21-25(20-23)22-41-27-18-16-15-17-26(27)38(28(41)45)39-29(42(31(47)51-35(6,7)8)43(38)32(48)52-36(9,10)11)54-44(33(49)53-37(12,13)14)40-30(46)50-34(3,4)5/h15-21H,22H2,1-14H3,(H,40,46). The van der Waals surface area contributed by atoms with Crippen molar-refractivity contribution in [1.29, 1.82) is 0 Å². The van der Waals surface area contributed by atoms with Crippen LogP contribution in [0.15, 0.2) is 47.5 Å². The number of nitrogens with zero attached hydrogens (tertiary/aromatic N) is 5. The number of rotatable bonds is 2. The Labute approximate surface area is 321 Å². The fourth-order valence-corrected chi connectivity index (χ4v) is 6.41. The predicted octanol–water partition coefficient (Wildman–Crippen LogP) is 8.09. The normalized spacial score (nSPS) is 17.3. The van der Waals surface area contributed by atoms with Crippen molar-refractivity contribution in [3.05, 3.63) is 64.7 Å². The van der Waals surface area contributed by atoms with Crippen LogP contribution in [0.2, 0.25) is 0 Å². The molecule has 0 aromatic heterocycles. The van der Waals surface area contributed by atoms with Gasteiger partial charge in [-0.1, -0.05) is 47.5 Å². The van der Waals surface area contributed by atoms with Crippen LogP contribution in [0.4, 0.5) is 24.9 Å². The van der Waals surface area contributed by atoms with Gasteiger partial charge in [-0.3, -0.25) is 4.79 Å². The van der Waals surface area contributed by atoms with Crippen molar-refractivity contribution >= 4 is 53.1 Å². The van der Waals surface area contributed by atoms with Crippen molar-refractivity contribution in [3.8, 4) is 0 Å². The number of nitrogens with one attached hydrogen (secondary N) is 1. The number of aryl methyl sites for hydroxylation is 2. The molecule has 0 bridgehead atoms. The monoisotopic (exact) mass is 768 g/mol. The molecular weight excluding hydrogens is 717 g/mol. The molecule has 2 aromatic rings. The molecule has 2 heterocycles. The second-order valence-corrected chi connectivity index (χ2v) is 17.9. The van der Waals surface area contributed by atoms with Gasteiger partial charge >= 0.3 is 24.4 Å². The highest BCUT2D eigenvalue weighted by Crippen LogP contribution is 2.51. The van der Waals surface area contributed by atoms with E-state index in [9.17, 15) is 19.2 Å². The molecule has 54 heavy (non-hydrogen) atoms. The first-order valence-electron chi connectivity index (χ1n) is 17.5. The molecule has 0 fully saturated rings. The van der Waals surface area contributed by atoms with Gasteiger partial charge in [-0.15, -0.1) is 4.41 Å². The number of amidine groups is 1. The maximum atomic E-state index is 15.2. The minimum Gasteiger partial charge on any atom is -0.443 e. The Balaban J connectivity index is 1.99. The minimum atomic E-state index is -2.28. The number of anilines is 1. The first kappa shape index (κ1) is 41.8. The van der Waals surface area contributed by atoms with Crippen LogP contribution in [0, 0.1) is 13.8 Å². The zero-order valence-electron chi connectivity index (χ0n) is 33.6. The van der Waals surface area contributed by atoms with Crippen LogP contribution in [0.3, 0.4) is 0 Å². The Morgan fingerprint density at radius 1 is 0.759 bits per heavy atom. The summed E-state index contributed by atoms with van der Waals surface area (Å²) in [6, 6.07) is 12.7. The molecule has 1 atom stereocenters. The zero-order valence-corrected chi connectivity index (χ0v) is 34.4. The van der Waals surface area contributed by atoms with E-state index in [0.717, 1.165) is 26.7 Å². The summed E-state index contributed by atoms with van der Waals surface area (Å²) in [7, 11) is 0. The Morgan fingerprint density at radius 3 is 1.81 bits per heavy atom. The van der Waals surface area contributed by atoms with Gasteiger partial charge in [0, 0.05) is 5.56 Å². The van der Waals surface area contributed by atoms with Crippen LogP contribution < -0.4 is 10.3 Å². The molecule has 294 valence electrons. The number of fused-ring (bicyclic) bond motifs is 2. The van der Waals surface area contributed by atoms with Gasteiger partial charge in [-0.05, 0) is 109 Å². The fraction of sp³-hybridized carbons (Fsp3) is 0.526. The maximum absolute atomic E-state index is 15.2. The highest BCUT2D eigenvalue weighted by molar-refractivity contribution is 8.12. The minimum absolute atomic E-state index is 0.0942. The second kappa shape index (κ2) is 14.7. The number of carbonyl (C=O) groups is 5. The van der Waals surface area contributed by atoms with Crippen LogP contribution in [-0.2, 0) is 35.9 Å². The molecule has 4 rings (SSSR count). The third-order valence-corrected chi connectivity index (χ3v) is 7.99. The predicted molar refractivity (Wildman–Crippen MR) is 204 cm³/mol. The lowest BCUT2D eigenvalue weighted by molar-refractivity contribution is -0.135. The van der Waals surface area contributed by atoms with Crippen molar-refractivity contribution in [2.24, 2.45) is 4.99 Å². The van der Waals surface area contributed by atoms with E-state index in [-0.39, 0.29) is 12.1 Å². The van der Waals surface area contributed by atoms with Crippen molar-refractivity contribution in [1.82, 2.24) is 19.9 Å². The Bertz CT molecular complexity index is 1830. The molecule has 0 radical (unpaired) electrons. The lowest BCUT2D eigenvalue weighted by Crippen LogP contribution is -2.60. The Morgan fingerprint density at radius 2 is 1.28 bits per heavy atom. The SMILES string of the molecule is Cc1cc(C)cc(CN2C(=O)C3(N=C(SN(NC(=O)OC(C)(C)C)C(=O)OC(C)(C)C)N(C(=O)OC(C)(C)C)N3C(=O)OC(C)(C)C)c3ccccc32)c1. The summed E-state index contributed by atoms with van der Waals surface area (Å²) >= 11 is 0.405.